The first-order valence-corrected chi connectivity index (χ1v) is 11.8. The van der Waals surface area contributed by atoms with Crippen LogP contribution < -0.4 is 0 Å². The first-order chi connectivity index (χ1) is 13.2. The van der Waals surface area contributed by atoms with E-state index in [9.17, 15) is 12.8 Å². The van der Waals surface area contributed by atoms with Crippen LogP contribution in [0, 0.1) is 5.82 Å². The predicted octanol–water partition coefficient (Wildman–Crippen LogP) is 5.25. The number of aromatic nitrogens is 1. The van der Waals surface area contributed by atoms with Gasteiger partial charge in [-0.15, -0.1) is 0 Å². The van der Waals surface area contributed by atoms with E-state index in [0.717, 1.165) is 46.8 Å². The number of halogens is 3. The van der Waals surface area contributed by atoms with Crippen molar-refractivity contribution in [1.29, 1.82) is 0 Å². The van der Waals surface area contributed by atoms with Crippen LogP contribution in [0.3, 0.4) is 0 Å². The van der Waals surface area contributed by atoms with Crippen molar-refractivity contribution in [2.24, 2.45) is 0 Å². The van der Waals surface area contributed by atoms with E-state index in [4.69, 9.17) is 15.8 Å². The molecule has 4 rings (SSSR count). The van der Waals surface area contributed by atoms with Crippen LogP contribution in [0.5, 0.6) is 0 Å². The molecule has 1 aliphatic carbocycles. The summed E-state index contributed by atoms with van der Waals surface area (Å²) in [5.74, 6) is -0.374. The van der Waals surface area contributed by atoms with E-state index in [1.54, 1.807) is 6.07 Å². The molecule has 3 aromatic rings. The summed E-state index contributed by atoms with van der Waals surface area (Å²) >= 11 is 9.51. The van der Waals surface area contributed by atoms with Gasteiger partial charge in [0.1, 0.15) is 5.82 Å². The lowest BCUT2D eigenvalue weighted by atomic mass is 10.1. The van der Waals surface area contributed by atoms with Gasteiger partial charge in [0.05, 0.1) is 18.4 Å². The van der Waals surface area contributed by atoms with Gasteiger partial charge >= 0.3 is 0 Å². The predicted molar refractivity (Wildman–Crippen MR) is 112 cm³/mol. The molecule has 0 N–H and O–H groups in total. The highest BCUT2D eigenvalue weighted by molar-refractivity contribution is 9.10. The van der Waals surface area contributed by atoms with Crippen molar-refractivity contribution in [3.8, 4) is 0 Å². The zero-order valence-corrected chi connectivity index (χ0v) is 18.2. The molecule has 1 aromatic heterocycles. The van der Waals surface area contributed by atoms with Gasteiger partial charge < -0.3 is 4.57 Å². The van der Waals surface area contributed by atoms with Gasteiger partial charge in [-0.1, -0.05) is 23.7 Å². The number of aryl methyl sites for hydroxylation is 1. The summed E-state index contributed by atoms with van der Waals surface area (Å²) in [4.78, 5) is 0. The summed E-state index contributed by atoms with van der Waals surface area (Å²) in [5, 5.41) is 1.52. The number of hydrogen-bond acceptors (Lipinski definition) is 3. The zero-order chi connectivity index (χ0) is 20.1. The highest BCUT2D eigenvalue weighted by Gasteiger charge is 2.32. The van der Waals surface area contributed by atoms with Crippen LogP contribution >= 0.6 is 27.5 Å². The Balaban J connectivity index is 1.85. The normalized spacial score (nSPS) is 16.6. The standard InChI is InChI=1S/C20H18BrClFNO3S/c1-28(25,26)27-11-13-4-7-16-17-8-15(23)9-18(21)20(17)24(19(13)16)10-12-2-5-14(22)6-3-12/h2-3,5-6,8-9,13H,4,7,10-11H2,1H3/t13-/m1/s1. The van der Waals surface area contributed by atoms with E-state index in [1.165, 1.54) is 6.07 Å². The van der Waals surface area contributed by atoms with Crippen molar-refractivity contribution in [3.63, 3.8) is 0 Å². The van der Waals surface area contributed by atoms with Crippen molar-refractivity contribution in [3.05, 3.63) is 68.5 Å². The van der Waals surface area contributed by atoms with Crippen LogP contribution in [0.4, 0.5) is 4.39 Å². The summed E-state index contributed by atoms with van der Waals surface area (Å²) in [6.07, 6.45) is 2.58. The lowest BCUT2D eigenvalue weighted by Gasteiger charge is -2.17. The van der Waals surface area contributed by atoms with Crippen molar-refractivity contribution in [2.45, 2.75) is 25.3 Å². The number of nitrogens with zero attached hydrogens (tertiary/aromatic N) is 1. The SMILES string of the molecule is CS(=O)(=O)OC[C@H]1CCc2c1n(Cc1ccc(Cl)cc1)c1c(Br)cc(F)cc21. The molecular formula is C20H18BrClFNO3S. The molecule has 1 heterocycles. The van der Waals surface area contributed by atoms with Crippen molar-refractivity contribution in [2.75, 3.05) is 12.9 Å². The summed E-state index contributed by atoms with van der Waals surface area (Å²) in [6.45, 7) is 0.658. The van der Waals surface area contributed by atoms with Crippen LogP contribution in [0.2, 0.25) is 5.02 Å². The molecule has 0 bridgehead atoms. The maximum atomic E-state index is 14.1. The van der Waals surface area contributed by atoms with Gasteiger partial charge in [0.25, 0.3) is 10.1 Å². The maximum Gasteiger partial charge on any atom is 0.264 e. The average Bonchev–Trinajstić information content (AvgIpc) is 3.14. The molecule has 2 aromatic carbocycles. The van der Waals surface area contributed by atoms with E-state index in [1.807, 2.05) is 24.3 Å². The minimum atomic E-state index is -3.53. The fourth-order valence-electron chi connectivity index (χ4n) is 3.98. The Morgan fingerprint density at radius 2 is 2.00 bits per heavy atom. The van der Waals surface area contributed by atoms with Crippen LogP contribution in [0.25, 0.3) is 10.9 Å². The van der Waals surface area contributed by atoms with Crippen molar-refractivity contribution in [1.82, 2.24) is 4.57 Å². The molecular weight excluding hydrogens is 469 g/mol. The number of hydrogen-bond donors (Lipinski definition) is 0. The fraction of sp³-hybridized carbons (Fsp3) is 0.300. The Bertz CT molecular complexity index is 1160. The van der Waals surface area contributed by atoms with Gasteiger partial charge in [-0.25, -0.2) is 4.39 Å². The minimum absolute atomic E-state index is 0.0700. The number of benzene rings is 2. The van der Waals surface area contributed by atoms with Gasteiger partial charge in [-0.3, -0.25) is 4.18 Å². The molecule has 0 radical (unpaired) electrons. The highest BCUT2D eigenvalue weighted by atomic mass is 79.9. The highest BCUT2D eigenvalue weighted by Crippen LogP contribution is 2.43. The molecule has 0 saturated heterocycles. The minimum Gasteiger partial charge on any atom is -0.339 e. The third-order valence-electron chi connectivity index (χ3n) is 5.09. The van der Waals surface area contributed by atoms with Crippen LogP contribution in [0.1, 0.15) is 29.2 Å². The molecule has 0 fully saturated rings. The summed E-state index contributed by atoms with van der Waals surface area (Å²) in [5.41, 5.74) is 4.03. The Labute approximate surface area is 176 Å². The van der Waals surface area contributed by atoms with Gasteiger partial charge in [-0.2, -0.15) is 8.42 Å². The monoisotopic (exact) mass is 485 g/mol. The third kappa shape index (κ3) is 3.85. The molecule has 0 amide bonds. The van der Waals surface area contributed by atoms with E-state index in [0.29, 0.717) is 16.0 Å². The summed E-state index contributed by atoms with van der Waals surface area (Å²) < 4.78 is 45.0. The Morgan fingerprint density at radius 1 is 1.29 bits per heavy atom. The third-order valence-corrected chi connectivity index (χ3v) is 6.51. The first-order valence-electron chi connectivity index (χ1n) is 8.82. The summed E-state index contributed by atoms with van der Waals surface area (Å²) in [6, 6.07) is 10.6. The second kappa shape index (κ2) is 7.44. The molecule has 8 heteroatoms. The van der Waals surface area contributed by atoms with Crippen molar-refractivity contribution < 1.29 is 17.0 Å². The maximum absolute atomic E-state index is 14.1. The second-order valence-corrected chi connectivity index (χ2v) is 10.0. The molecule has 0 aliphatic heterocycles. The van der Waals surface area contributed by atoms with Crippen LogP contribution in [0.15, 0.2) is 40.9 Å². The second-order valence-electron chi connectivity index (χ2n) is 7.08. The van der Waals surface area contributed by atoms with E-state index >= 15 is 0 Å². The number of rotatable bonds is 5. The topological polar surface area (TPSA) is 48.3 Å². The molecule has 1 aliphatic rings. The lowest BCUT2D eigenvalue weighted by molar-refractivity contribution is 0.290. The van der Waals surface area contributed by atoms with Crippen LogP contribution in [-0.2, 0) is 27.3 Å². The van der Waals surface area contributed by atoms with Crippen molar-refractivity contribution >= 4 is 48.6 Å². The van der Waals surface area contributed by atoms with Gasteiger partial charge in [0, 0.05) is 33.0 Å². The molecule has 4 nitrogen and oxygen atoms in total. The number of fused-ring (bicyclic) bond motifs is 3. The van der Waals surface area contributed by atoms with E-state index in [-0.39, 0.29) is 18.3 Å². The summed E-state index contributed by atoms with van der Waals surface area (Å²) in [7, 11) is -3.53. The molecule has 0 unspecified atom stereocenters. The Hall–Kier alpha value is -1.41. The van der Waals surface area contributed by atoms with E-state index in [2.05, 4.69) is 20.5 Å². The quantitative estimate of drug-likeness (QED) is 0.463. The van der Waals surface area contributed by atoms with Gasteiger partial charge in [0.2, 0.25) is 0 Å². The van der Waals surface area contributed by atoms with Crippen LogP contribution in [-0.4, -0.2) is 25.8 Å². The smallest absolute Gasteiger partial charge is 0.264 e. The Morgan fingerprint density at radius 3 is 2.68 bits per heavy atom. The largest absolute Gasteiger partial charge is 0.339 e. The lowest BCUT2D eigenvalue weighted by Crippen LogP contribution is -2.14. The van der Waals surface area contributed by atoms with Gasteiger partial charge in [0.15, 0.2) is 0 Å². The molecule has 148 valence electrons. The average molecular weight is 487 g/mol. The Kier molecular flexibility index (Phi) is 5.29. The molecule has 28 heavy (non-hydrogen) atoms. The van der Waals surface area contributed by atoms with E-state index < -0.39 is 10.1 Å². The molecule has 0 spiro atoms. The molecule has 0 saturated carbocycles. The fourth-order valence-corrected chi connectivity index (χ4v) is 5.16. The van der Waals surface area contributed by atoms with Gasteiger partial charge in [-0.05, 0) is 64.2 Å². The zero-order valence-electron chi connectivity index (χ0n) is 15.1. The molecule has 1 atom stereocenters. The first kappa shape index (κ1) is 19.9.